The summed E-state index contributed by atoms with van der Waals surface area (Å²) in [5, 5.41) is 6.05. The van der Waals surface area contributed by atoms with E-state index in [9.17, 15) is 25.9 Å². The predicted molar refractivity (Wildman–Crippen MR) is 110 cm³/mol. The summed E-state index contributed by atoms with van der Waals surface area (Å²) in [5.41, 5.74) is 2.72. The van der Waals surface area contributed by atoms with Gasteiger partial charge in [-0.15, -0.1) is 0 Å². The average Bonchev–Trinajstić information content (AvgIpc) is 2.66. The summed E-state index contributed by atoms with van der Waals surface area (Å²) < 4.78 is 65.6. The first-order chi connectivity index (χ1) is 14.1. The van der Waals surface area contributed by atoms with Crippen molar-refractivity contribution < 1.29 is 25.9 Å². The van der Waals surface area contributed by atoms with Crippen molar-refractivity contribution in [3.8, 4) is 0 Å². The van der Waals surface area contributed by atoms with Gasteiger partial charge in [-0.25, -0.2) is 9.97 Å². The Labute approximate surface area is 170 Å². The van der Waals surface area contributed by atoms with E-state index in [2.05, 4.69) is 20.6 Å². The predicted octanol–water partition coefficient (Wildman–Crippen LogP) is 3.08. The van der Waals surface area contributed by atoms with Gasteiger partial charge in [0.25, 0.3) is 20.2 Å². The minimum atomic E-state index is -4.49. The highest BCUT2D eigenvalue weighted by Gasteiger charge is 2.24. The van der Waals surface area contributed by atoms with Crippen LogP contribution in [0.25, 0.3) is 22.1 Å². The highest BCUT2D eigenvalue weighted by molar-refractivity contribution is 7.86. The van der Waals surface area contributed by atoms with E-state index in [4.69, 9.17) is 0 Å². The lowest BCUT2D eigenvalue weighted by Crippen LogP contribution is -2.11. The van der Waals surface area contributed by atoms with E-state index < -0.39 is 20.2 Å². The van der Waals surface area contributed by atoms with Crippen molar-refractivity contribution in [1.29, 1.82) is 0 Å². The third-order valence-electron chi connectivity index (χ3n) is 4.68. The summed E-state index contributed by atoms with van der Waals surface area (Å²) in [4.78, 5) is 8.15. The molecule has 1 aliphatic heterocycles. The minimum absolute atomic E-state index is 0.0327. The van der Waals surface area contributed by atoms with Crippen molar-refractivity contribution in [3.05, 3.63) is 48.5 Å². The molecule has 3 aromatic carbocycles. The normalized spacial score (nSPS) is 13.4. The van der Waals surface area contributed by atoms with Crippen LogP contribution >= 0.6 is 0 Å². The fraction of sp³-hybridized carbons (Fsp3) is 0. The Hall–Kier alpha value is -3.32. The summed E-state index contributed by atoms with van der Waals surface area (Å²) in [5.74, 6) is 0. The van der Waals surface area contributed by atoms with Gasteiger partial charge in [-0.3, -0.25) is 9.11 Å². The number of hydrogen-bond donors (Lipinski definition) is 4. The quantitative estimate of drug-likeness (QED) is 0.235. The average molecular weight is 444 g/mol. The summed E-state index contributed by atoms with van der Waals surface area (Å²) in [6, 6.07) is 11.9. The first-order valence-electron chi connectivity index (χ1n) is 8.48. The van der Waals surface area contributed by atoms with Gasteiger partial charge in [0.05, 0.1) is 39.3 Å². The lowest BCUT2D eigenvalue weighted by Gasteiger charge is -2.24. The monoisotopic (exact) mass is 444 g/mol. The fourth-order valence-electron chi connectivity index (χ4n) is 3.39. The van der Waals surface area contributed by atoms with Gasteiger partial charge in [-0.05, 0) is 36.4 Å². The van der Waals surface area contributed by atoms with Crippen molar-refractivity contribution in [2.45, 2.75) is 9.79 Å². The van der Waals surface area contributed by atoms with Crippen molar-refractivity contribution in [2.24, 2.45) is 0 Å². The molecular weight excluding hydrogens is 432 g/mol. The van der Waals surface area contributed by atoms with Crippen LogP contribution in [0.3, 0.4) is 0 Å². The Morgan fingerprint density at radius 3 is 1.97 bits per heavy atom. The molecule has 0 amide bonds. The first-order valence-corrected chi connectivity index (χ1v) is 11.4. The van der Waals surface area contributed by atoms with Gasteiger partial charge in [0.2, 0.25) is 0 Å². The second kappa shape index (κ2) is 6.09. The van der Waals surface area contributed by atoms with E-state index in [0.29, 0.717) is 28.1 Å². The number of nitrogens with zero attached hydrogens (tertiary/aromatic N) is 2. The van der Waals surface area contributed by atoms with Crippen LogP contribution in [0.2, 0.25) is 0 Å². The van der Waals surface area contributed by atoms with Crippen LogP contribution in [0, 0.1) is 0 Å². The largest absolute Gasteiger partial charge is 0.352 e. The Bertz CT molecular complexity index is 1600. The highest BCUT2D eigenvalue weighted by atomic mass is 32.2. The van der Waals surface area contributed by atoms with E-state index in [-0.39, 0.29) is 26.5 Å². The topological polar surface area (TPSA) is 159 Å². The van der Waals surface area contributed by atoms with Crippen LogP contribution in [0.15, 0.2) is 58.3 Å². The minimum Gasteiger partial charge on any atom is -0.352 e. The standard InChI is InChI=1S/C18H12N4O6S2/c23-29(24,25)15-5-1-3-9-17(15)21-13-8-12-14(7-11(13)19-9)22-18-10(20-12)4-2-6-16(18)30(26,27)28/h1-8,19,21H,(H,23,24,25)(H,26,27,28). The molecule has 0 spiro atoms. The fourth-order valence-corrected chi connectivity index (χ4v) is 4.71. The Balaban J connectivity index is 1.73. The second-order valence-corrected chi connectivity index (χ2v) is 9.39. The van der Waals surface area contributed by atoms with Crippen LogP contribution in [-0.2, 0) is 20.2 Å². The third kappa shape index (κ3) is 2.93. The van der Waals surface area contributed by atoms with Crippen molar-refractivity contribution in [3.63, 3.8) is 0 Å². The Kier molecular flexibility index (Phi) is 3.79. The number of anilines is 4. The zero-order valence-corrected chi connectivity index (χ0v) is 16.5. The van der Waals surface area contributed by atoms with Gasteiger partial charge in [0.15, 0.2) is 0 Å². The lowest BCUT2D eigenvalue weighted by atomic mass is 10.1. The number of aromatic nitrogens is 2. The Morgan fingerprint density at radius 2 is 1.27 bits per heavy atom. The van der Waals surface area contributed by atoms with E-state index >= 15 is 0 Å². The lowest BCUT2D eigenvalue weighted by molar-refractivity contribution is 0.481. The van der Waals surface area contributed by atoms with E-state index in [1.54, 1.807) is 24.3 Å². The van der Waals surface area contributed by atoms with Crippen LogP contribution in [0.1, 0.15) is 0 Å². The smallest absolute Gasteiger partial charge is 0.296 e. The Morgan fingerprint density at radius 1 is 0.667 bits per heavy atom. The number of nitrogens with one attached hydrogen (secondary N) is 2. The molecule has 10 nitrogen and oxygen atoms in total. The summed E-state index contributed by atoms with van der Waals surface area (Å²) in [6.45, 7) is 0. The number of hydrogen-bond acceptors (Lipinski definition) is 8. The molecular formula is C18H12N4O6S2. The highest BCUT2D eigenvalue weighted by Crippen LogP contribution is 2.43. The third-order valence-corrected chi connectivity index (χ3v) is 6.46. The van der Waals surface area contributed by atoms with E-state index in [1.807, 2.05) is 0 Å². The van der Waals surface area contributed by atoms with Gasteiger partial charge >= 0.3 is 0 Å². The molecule has 30 heavy (non-hydrogen) atoms. The molecule has 4 aromatic rings. The molecule has 0 saturated heterocycles. The molecule has 1 aliphatic rings. The van der Waals surface area contributed by atoms with Gasteiger partial charge in [-0.2, -0.15) is 16.8 Å². The van der Waals surface area contributed by atoms with Crippen molar-refractivity contribution >= 4 is 65.1 Å². The zero-order valence-electron chi connectivity index (χ0n) is 14.9. The molecule has 0 bridgehead atoms. The van der Waals surface area contributed by atoms with Crippen LogP contribution in [0.5, 0.6) is 0 Å². The number of benzene rings is 3. The second-order valence-electron chi connectivity index (χ2n) is 6.61. The molecule has 1 aromatic heterocycles. The molecule has 2 heterocycles. The summed E-state index contributed by atoms with van der Waals surface area (Å²) in [7, 11) is -8.93. The molecule has 152 valence electrons. The molecule has 0 unspecified atom stereocenters. The maximum atomic E-state index is 11.7. The SMILES string of the molecule is O=S(=O)(O)c1cccc2c1Nc1cc3nc4cccc(S(=O)(=O)O)c4nc3cc1N2. The molecule has 4 N–H and O–H groups in total. The van der Waals surface area contributed by atoms with Crippen molar-refractivity contribution in [1.82, 2.24) is 9.97 Å². The van der Waals surface area contributed by atoms with Gasteiger partial charge in [-0.1, -0.05) is 12.1 Å². The summed E-state index contributed by atoms with van der Waals surface area (Å²) in [6.07, 6.45) is 0. The van der Waals surface area contributed by atoms with E-state index in [0.717, 1.165) is 0 Å². The van der Waals surface area contributed by atoms with Crippen LogP contribution < -0.4 is 10.6 Å². The maximum absolute atomic E-state index is 11.7. The van der Waals surface area contributed by atoms with Gasteiger partial charge in [0.1, 0.15) is 15.3 Å². The molecule has 0 saturated carbocycles. The summed E-state index contributed by atoms with van der Waals surface area (Å²) >= 11 is 0. The number of fused-ring (bicyclic) bond motifs is 4. The van der Waals surface area contributed by atoms with Gasteiger partial charge < -0.3 is 10.6 Å². The van der Waals surface area contributed by atoms with Crippen LogP contribution in [-0.4, -0.2) is 35.9 Å². The number of rotatable bonds is 2. The molecule has 0 atom stereocenters. The van der Waals surface area contributed by atoms with E-state index in [1.165, 1.54) is 24.3 Å². The van der Waals surface area contributed by atoms with Crippen molar-refractivity contribution in [2.75, 3.05) is 10.6 Å². The molecule has 12 heteroatoms. The molecule has 0 fully saturated rings. The maximum Gasteiger partial charge on any atom is 0.296 e. The molecule has 5 rings (SSSR count). The molecule has 0 aliphatic carbocycles. The molecule has 0 radical (unpaired) electrons. The zero-order chi connectivity index (χ0) is 21.3. The first kappa shape index (κ1) is 18.7. The van der Waals surface area contributed by atoms with Gasteiger partial charge in [0, 0.05) is 0 Å². The van der Waals surface area contributed by atoms with Crippen LogP contribution in [0.4, 0.5) is 22.7 Å². The number of para-hydroxylation sites is 2.